The third kappa shape index (κ3) is 2.14. The largest absolute Gasteiger partial charge is 0.449 e. The molecule has 0 bridgehead atoms. The van der Waals surface area contributed by atoms with Crippen LogP contribution in [0.25, 0.3) is 11.3 Å². The van der Waals surface area contributed by atoms with E-state index in [1.165, 1.54) is 0 Å². The first-order chi connectivity index (χ1) is 7.16. The number of aryl methyl sites for hydroxylation is 1. The topological polar surface area (TPSA) is 63.3 Å². The summed E-state index contributed by atoms with van der Waals surface area (Å²) in [6.07, 6.45) is 1.56. The molecule has 0 aliphatic rings. The van der Waals surface area contributed by atoms with Gasteiger partial charge in [0.05, 0.1) is 4.90 Å². The van der Waals surface area contributed by atoms with E-state index < -0.39 is 11.1 Å². The van der Waals surface area contributed by atoms with E-state index in [0.29, 0.717) is 10.8 Å². The number of nitrogens with zero attached hydrogens (tertiary/aromatic N) is 1. The van der Waals surface area contributed by atoms with Gasteiger partial charge in [-0.1, -0.05) is 12.1 Å². The van der Waals surface area contributed by atoms with E-state index in [1.54, 1.807) is 37.5 Å². The van der Waals surface area contributed by atoms with Gasteiger partial charge in [0.15, 0.2) is 17.0 Å². The maximum absolute atomic E-state index is 10.7. The molecule has 0 aliphatic carbocycles. The third-order valence-corrected chi connectivity index (χ3v) is 2.65. The molecule has 0 aliphatic heterocycles. The summed E-state index contributed by atoms with van der Waals surface area (Å²) in [5, 5.41) is 0. The summed E-state index contributed by atoms with van der Waals surface area (Å²) >= 11 is -1.93. The van der Waals surface area contributed by atoms with Crippen LogP contribution in [0.15, 0.2) is 39.8 Å². The van der Waals surface area contributed by atoms with E-state index in [1.807, 2.05) is 0 Å². The second kappa shape index (κ2) is 3.96. The zero-order chi connectivity index (χ0) is 10.8. The van der Waals surface area contributed by atoms with E-state index in [9.17, 15) is 4.21 Å². The van der Waals surface area contributed by atoms with Gasteiger partial charge in [0.25, 0.3) is 0 Å². The molecule has 1 aromatic heterocycles. The van der Waals surface area contributed by atoms with Crippen LogP contribution in [-0.4, -0.2) is 13.7 Å². The molecule has 0 fully saturated rings. The van der Waals surface area contributed by atoms with Crippen LogP contribution in [0.5, 0.6) is 0 Å². The first kappa shape index (κ1) is 10.1. The third-order valence-electron chi connectivity index (χ3n) is 1.97. The average molecular weight is 223 g/mol. The van der Waals surface area contributed by atoms with Crippen molar-refractivity contribution < 1.29 is 13.2 Å². The summed E-state index contributed by atoms with van der Waals surface area (Å²) in [5.41, 5.74) is 1.59. The molecule has 5 heteroatoms. The van der Waals surface area contributed by atoms with E-state index in [0.717, 1.165) is 11.3 Å². The van der Waals surface area contributed by atoms with Crippen LogP contribution in [0, 0.1) is 6.92 Å². The van der Waals surface area contributed by atoms with Gasteiger partial charge in [-0.05, 0) is 12.1 Å². The summed E-state index contributed by atoms with van der Waals surface area (Å²) in [6.45, 7) is 1.76. The Balaban J connectivity index is 2.35. The zero-order valence-corrected chi connectivity index (χ0v) is 8.82. The molecule has 1 N–H and O–H groups in total. The minimum Gasteiger partial charge on any atom is -0.449 e. The molecule has 0 amide bonds. The number of rotatable bonds is 2. The summed E-state index contributed by atoms with van der Waals surface area (Å²) in [6, 6.07) is 6.66. The molecule has 2 rings (SSSR count). The van der Waals surface area contributed by atoms with Crippen LogP contribution < -0.4 is 0 Å². The fraction of sp³-hybridized carbons (Fsp3) is 0.100. The summed E-state index contributed by atoms with van der Waals surface area (Å²) < 4.78 is 24.6. The van der Waals surface area contributed by atoms with Gasteiger partial charge in [-0.25, -0.2) is 9.19 Å². The van der Waals surface area contributed by atoms with Gasteiger partial charge in [-0.15, -0.1) is 0 Å². The van der Waals surface area contributed by atoms with E-state index in [-0.39, 0.29) is 0 Å². The second-order valence-corrected chi connectivity index (χ2v) is 4.00. The van der Waals surface area contributed by atoms with Gasteiger partial charge in [0, 0.05) is 12.5 Å². The van der Waals surface area contributed by atoms with Crippen LogP contribution in [0.1, 0.15) is 5.89 Å². The van der Waals surface area contributed by atoms with Crippen LogP contribution in [-0.2, 0) is 11.1 Å². The molecule has 2 aromatic rings. The van der Waals surface area contributed by atoms with Gasteiger partial charge in [-0.2, -0.15) is 0 Å². The lowest BCUT2D eigenvalue weighted by Gasteiger charge is -1.97. The normalized spacial score (nSPS) is 12.7. The Morgan fingerprint density at radius 1 is 1.33 bits per heavy atom. The molecule has 0 radical (unpaired) electrons. The number of oxazole rings is 1. The lowest BCUT2D eigenvalue weighted by Crippen LogP contribution is -1.87. The van der Waals surface area contributed by atoms with E-state index in [4.69, 9.17) is 8.97 Å². The van der Waals surface area contributed by atoms with E-state index >= 15 is 0 Å². The predicted octanol–water partition coefficient (Wildman–Crippen LogP) is 2.23. The molecule has 15 heavy (non-hydrogen) atoms. The van der Waals surface area contributed by atoms with Crippen molar-refractivity contribution in [3.63, 3.8) is 0 Å². The van der Waals surface area contributed by atoms with Crippen molar-refractivity contribution in [2.24, 2.45) is 0 Å². The lowest BCUT2D eigenvalue weighted by atomic mass is 10.2. The van der Waals surface area contributed by atoms with Crippen molar-refractivity contribution in [1.82, 2.24) is 4.98 Å². The molecule has 4 nitrogen and oxygen atoms in total. The summed E-state index contributed by atoms with van der Waals surface area (Å²) in [5.74, 6) is 0.597. The Kier molecular flexibility index (Phi) is 2.66. The molecule has 0 saturated heterocycles. The smallest absolute Gasteiger partial charge is 0.191 e. The Morgan fingerprint density at radius 3 is 2.47 bits per heavy atom. The second-order valence-electron chi connectivity index (χ2n) is 3.03. The fourth-order valence-corrected chi connectivity index (χ4v) is 1.61. The van der Waals surface area contributed by atoms with Crippen LogP contribution >= 0.6 is 0 Å². The average Bonchev–Trinajstić information content (AvgIpc) is 2.65. The Labute approximate surface area is 89.2 Å². The van der Waals surface area contributed by atoms with Gasteiger partial charge in [-0.3, -0.25) is 0 Å². The van der Waals surface area contributed by atoms with Crippen LogP contribution in [0.2, 0.25) is 0 Å². The number of benzene rings is 1. The first-order valence-electron chi connectivity index (χ1n) is 4.30. The van der Waals surface area contributed by atoms with Crippen molar-refractivity contribution in [2.75, 3.05) is 0 Å². The van der Waals surface area contributed by atoms with Crippen molar-refractivity contribution in [3.05, 3.63) is 36.4 Å². The monoisotopic (exact) mass is 223 g/mol. The quantitative estimate of drug-likeness (QED) is 0.793. The number of hydrogen-bond donors (Lipinski definition) is 1. The lowest BCUT2D eigenvalue weighted by molar-refractivity contribution is 0.521. The van der Waals surface area contributed by atoms with Gasteiger partial charge in [0.2, 0.25) is 0 Å². The molecular weight excluding hydrogens is 214 g/mol. The predicted molar refractivity (Wildman–Crippen MR) is 55.7 cm³/mol. The minimum atomic E-state index is -1.93. The Morgan fingerprint density at radius 2 is 2.00 bits per heavy atom. The molecule has 1 atom stereocenters. The fourth-order valence-electron chi connectivity index (χ4n) is 1.24. The van der Waals surface area contributed by atoms with Crippen LogP contribution in [0.3, 0.4) is 0 Å². The molecule has 0 saturated carbocycles. The highest BCUT2D eigenvalue weighted by Crippen LogP contribution is 2.19. The number of hydrogen-bond acceptors (Lipinski definition) is 3. The molecule has 1 aromatic carbocycles. The maximum Gasteiger partial charge on any atom is 0.191 e. The van der Waals surface area contributed by atoms with Crippen molar-refractivity contribution in [3.8, 4) is 11.3 Å². The van der Waals surface area contributed by atoms with Gasteiger partial charge in [0.1, 0.15) is 12.0 Å². The van der Waals surface area contributed by atoms with E-state index in [2.05, 4.69) is 4.98 Å². The number of aromatic nitrogens is 1. The maximum atomic E-state index is 10.7. The Hall–Kier alpha value is -1.46. The molecule has 78 valence electrons. The molecule has 1 heterocycles. The zero-order valence-electron chi connectivity index (χ0n) is 8.01. The van der Waals surface area contributed by atoms with Crippen LogP contribution in [0.4, 0.5) is 0 Å². The summed E-state index contributed by atoms with van der Waals surface area (Å²) in [7, 11) is 0. The SMILES string of the molecule is Cc1nc(-c2ccc(S(=O)O)cc2)co1. The highest BCUT2D eigenvalue weighted by atomic mass is 32.2. The molecule has 0 spiro atoms. The standard InChI is InChI=1S/C10H9NO3S/c1-7-11-10(6-14-7)8-2-4-9(5-3-8)15(12)13/h2-6H,1H3,(H,12,13). The van der Waals surface area contributed by atoms with Gasteiger partial charge >= 0.3 is 0 Å². The highest BCUT2D eigenvalue weighted by Gasteiger charge is 2.04. The van der Waals surface area contributed by atoms with Crippen molar-refractivity contribution >= 4 is 11.1 Å². The summed E-state index contributed by atoms with van der Waals surface area (Å²) in [4.78, 5) is 4.52. The molecule has 1 unspecified atom stereocenters. The first-order valence-corrected chi connectivity index (χ1v) is 5.41. The van der Waals surface area contributed by atoms with Crippen molar-refractivity contribution in [1.29, 1.82) is 0 Å². The Bertz CT molecular complexity index is 490. The van der Waals surface area contributed by atoms with Crippen molar-refractivity contribution in [2.45, 2.75) is 11.8 Å². The molecular formula is C10H9NO3S. The minimum absolute atomic E-state index is 0.374. The van der Waals surface area contributed by atoms with Gasteiger partial charge < -0.3 is 8.97 Å². The highest BCUT2D eigenvalue weighted by molar-refractivity contribution is 7.79.